The van der Waals surface area contributed by atoms with E-state index in [1.165, 1.54) is 11.1 Å². The summed E-state index contributed by atoms with van der Waals surface area (Å²) in [7, 11) is 2.02. The zero-order valence-corrected chi connectivity index (χ0v) is 19.1. The molecular weight excluding hydrogens is 457 g/mol. The fraction of sp³-hybridized carbons (Fsp3) is 0.526. The molecule has 0 amide bonds. The number of hydrogen-bond acceptors (Lipinski definition) is 5. The van der Waals surface area contributed by atoms with Gasteiger partial charge in [-0.05, 0) is 38.8 Å². The Balaban J connectivity index is 0.00000364. The first-order valence-electron chi connectivity index (χ1n) is 9.03. The minimum absolute atomic E-state index is 0. The van der Waals surface area contributed by atoms with Crippen LogP contribution in [0.4, 0.5) is 0 Å². The molecule has 0 bridgehead atoms. The number of aryl methyl sites for hydroxylation is 1. The first-order chi connectivity index (χ1) is 12.5. The molecule has 0 aliphatic rings. The summed E-state index contributed by atoms with van der Waals surface area (Å²) in [6.07, 6.45) is -0.182. The molecule has 2 rings (SSSR count). The molecule has 150 valence electrons. The Morgan fingerprint density at radius 3 is 2.74 bits per heavy atom. The summed E-state index contributed by atoms with van der Waals surface area (Å²) in [6, 6.07) is 8.36. The molecule has 1 atom stereocenters. The number of ether oxygens (including phenoxy) is 1. The second-order valence-corrected chi connectivity index (χ2v) is 6.10. The van der Waals surface area contributed by atoms with E-state index in [1.54, 1.807) is 0 Å². The lowest BCUT2D eigenvalue weighted by atomic mass is 10.1. The van der Waals surface area contributed by atoms with E-state index in [9.17, 15) is 0 Å². The molecule has 8 heteroatoms. The maximum atomic E-state index is 5.48. The highest BCUT2D eigenvalue weighted by Crippen LogP contribution is 2.13. The van der Waals surface area contributed by atoms with Gasteiger partial charge in [0.15, 0.2) is 11.8 Å². The predicted octanol–water partition coefficient (Wildman–Crippen LogP) is 3.69. The number of rotatable bonds is 8. The summed E-state index contributed by atoms with van der Waals surface area (Å²) < 4.78 is 10.8. The highest BCUT2D eigenvalue weighted by atomic mass is 127. The maximum absolute atomic E-state index is 5.48. The SMILES string of the molecule is CCNC(=NCc1nc(C(C)OCC)no1)N(C)Cc1ccccc1C.I. The van der Waals surface area contributed by atoms with E-state index in [0.29, 0.717) is 24.9 Å². The Morgan fingerprint density at radius 1 is 1.33 bits per heavy atom. The number of benzene rings is 1. The molecule has 1 heterocycles. The third kappa shape index (κ3) is 7.10. The van der Waals surface area contributed by atoms with E-state index in [-0.39, 0.29) is 30.1 Å². The Bertz CT molecular complexity index is 720. The van der Waals surface area contributed by atoms with Crippen LogP contribution in [0, 0.1) is 6.92 Å². The van der Waals surface area contributed by atoms with Crippen LogP contribution in [0.2, 0.25) is 0 Å². The molecule has 0 fully saturated rings. The van der Waals surface area contributed by atoms with Gasteiger partial charge in [-0.2, -0.15) is 4.98 Å². The Hall–Kier alpha value is -1.68. The van der Waals surface area contributed by atoms with E-state index in [0.717, 1.165) is 19.0 Å². The first kappa shape index (κ1) is 23.4. The van der Waals surface area contributed by atoms with E-state index in [1.807, 2.05) is 27.8 Å². The van der Waals surface area contributed by atoms with E-state index >= 15 is 0 Å². The fourth-order valence-electron chi connectivity index (χ4n) is 2.55. The highest BCUT2D eigenvalue weighted by molar-refractivity contribution is 14.0. The molecule has 27 heavy (non-hydrogen) atoms. The van der Waals surface area contributed by atoms with Gasteiger partial charge in [0.2, 0.25) is 5.89 Å². The van der Waals surface area contributed by atoms with Crippen molar-refractivity contribution in [2.75, 3.05) is 20.2 Å². The van der Waals surface area contributed by atoms with Crippen molar-refractivity contribution in [3.05, 3.63) is 47.1 Å². The topological polar surface area (TPSA) is 75.8 Å². The van der Waals surface area contributed by atoms with Gasteiger partial charge in [-0.25, -0.2) is 4.99 Å². The third-order valence-corrected chi connectivity index (χ3v) is 3.99. The summed E-state index contributed by atoms with van der Waals surface area (Å²) in [4.78, 5) is 11.1. The van der Waals surface area contributed by atoms with Crippen molar-refractivity contribution in [2.45, 2.75) is 46.9 Å². The molecule has 1 aromatic carbocycles. The van der Waals surface area contributed by atoms with Crippen LogP contribution in [0.5, 0.6) is 0 Å². The van der Waals surface area contributed by atoms with Crippen LogP contribution in [-0.2, 0) is 17.8 Å². The van der Waals surface area contributed by atoms with Gasteiger partial charge in [-0.3, -0.25) is 0 Å². The van der Waals surface area contributed by atoms with E-state index < -0.39 is 0 Å². The Kier molecular flexibility index (Phi) is 10.3. The van der Waals surface area contributed by atoms with Gasteiger partial charge in [-0.1, -0.05) is 29.4 Å². The molecule has 0 aliphatic heterocycles. The van der Waals surface area contributed by atoms with Gasteiger partial charge in [0.1, 0.15) is 12.6 Å². The third-order valence-electron chi connectivity index (χ3n) is 3.99. The molecule has 1 N–H and O–H groups in total. The number of aromatic nitrogens is 2. The van der Waals surface area contributed by atoms with Crippen LogP contribution < -0.4 is 5.32 Å². The summed E-state index contributed by atoms with van der Waals surface area (Å²) in [5.74, 6) is 1.83. The normalized spacial score (nSPS) is 12.4. The van der Waals surface area contributed by atoms with E-state index in [2.05, 4.69) is 56.5 Å². The fourth-order valence-corrected chi connectivity index (χ4v) is 2.55. The highest BCUT2D eigenvalue weighted by Gasteiger charge is 2.14. The number of hydrogen-bond donors (Lipinski definition) is 1. The van der Waals surface area contributed by atoms with Crippen molar-refractivity contribution in [2.24, 2.45) is 4.99 Å². The molecule has 2 aromatic rings. The van der Waals surface area contributed by atoms with Crippen LogP contribution in [0.1, 0.15) is 49.7 Å². The number of guanidine groups is 1. The van der Waals surface area contributed by atoms with Crippen LogP contribution >= 0.6 is 24.0 Å². The van der Waals surface area contributed by atoms with Crippen molar-refractivity contribution in [3.8, 4) is 0 Å². The summed E-state index contributed by atoms with van der Waals surface area (Å²) >= 11 is 0. The summed E-state index contributed by atoms with van der Waals surface area (Å²) in [5, 5.41) is 7.27. The van der Waals surface area contributed by atoms with Gasteiger partial charge >= 0.3 is 0 Å². The average molecular weight is 487 g/mol. The van der Waals surface area contributed by atoms with Crippen molar-refractivity contribution in [1.82, 2.24) is 20.4 Å². The zero-order valence-electron chi connectivity index (χ0n) is 16.7. The largest absolute Gasteiger partial charge is 0.371 e. The Labute approximate surface area is 178 Å². The zero-order chi connectivity index (χ0) is 18.9. The summed E-state index contributed by atoms with van der Waals surface area (Å²) in [6.45, 7) is 10.5. The first-order valence-corrected chi connectivity index (χ1v) is 9.03. The van der Waals surface area contributed by atoms with Gasteiger partial charge in [0, 0.05) is 26.7 Å². The smallest absolute Gasteiger partial charge is 0.248 e. The van der Waals surface area contributed by atoms with Crippen LogP contribution in [-0.4, -0.2) is 41.2 Å². The number of nitrogens with one attached hydrogen (secondary N) is 1. The van der Waals surface area contributed by atoms with Gasteiger partial charge < -0.3 is 19.5 Å². The second-order valence-electron chi connectivity index (χ2n) is 6.10. The van der Waals surface area contributed by atoms with E-state index in [4.69, 9.17) is 9.26 Å². The van der Waals surface area contributed by atoms with Gasteiger partial charge in [-0.15, -0.1) is 24.0 Å². The van der Waals surface area contributed by atoms with Crippen molar-refractivity contribution < 1.29 is 9.26 Å². The molecule has 7 nitrogen and oxygen atoms in total. The minimum atomic E-state index is -0.182. The average Bonchev–Trinajstić information content (AvgIpc) is 3.10. The molecule has 1 aromatic heterocycles. The molecule has 0 saturated heterocycles. The lowest BCUT2D eigenvalue weighted by Crippen LogP contribution is -2.38. The van der Waals surface area contributed by atoms with Crippen LogP contribution in [0.25, 0.3) is 0 Å². The van der Waals surface area contributed by atoms with Gasteiger partial charge in [0.05, 0.1) is 0 Å². The van der Waals surface area contributed by atoms with Crippen molar-refractivity contribution in [1.29, 1.82) is 0 Å². The minimum Gasteiger partial charge on any atom is -0.371 e. The monoisotopic (exact) mass is 487 g/mol. The summed E-state index contributed by atoms with van der Waals surface area (Å²) in [5.41, 5.74) is 2.54. The lowest BCUT2D eigenvalue weighted by molar-refractivity contribution is 0.0683. The second kappa shape index (κ2) is 11.9. The molecule has 0 radical (unpaired) electrons. The molecule has 0 aliphatic carbocycles. The maximum Gasteiger partial charge on any atom is 0.248 e. The van der Waals surface area contributed by atoms with Crippen molar-refractivity contribution >= 4 is 29.9 Å². The van der Waals surface area contributed by atoms with Gasteiger partial charge in [0.25, 0.3) is 0 Å². The standard InChI is InChI=1S/C19H29N5O2.HI/c1-6-20-19(24(5)13-16-11-9-8-10-14(16)3)21-12-17-22-18(23-26-17)15(4)25-7-2;/h8-11,15H,6-7,12-13H2,1-5H3,(H,20,21);1H. The molecular formula is C19H30IN5O2. The molecule has 0 spiro atoms. The molecule has 0 saturated carbocycles. The lowest BCUT2D eigenvalue weighted by Gasteiger charge is -2.22. The molecule has 1 unspecified atom stereocenters. The van der Waals surface area contributed by atoms with Crippen LogP contribution in [0.3, 0.4) is 0 Å². The number of halogens is 1. The number of nitrogens with zero attached hydrogens (tertiary/aromatic N) is 4. The number of aliphatic imine (C=N–C) groups is 1. The predicted molar refractivity (Wildman–Crippen MR) is 117 cm³/mol. The van der Waals surface area contributed by atoms with Crippen LogP contribution in [0.15, 0.2) is 33.8 Å². The Morgan fingerprint density at radius 2 is 2.07 bits per heavy atom. The van der Waals surface area contributed by atoms with Crippen molar-refractivity contribution in [3.63, 3.8) is 0 Å². The quantitative estimate of drug-likeness (QED) is 0.348.